The molecule has 2 heteroatoms. The fourth-order valence-electron chi connectivity index (χ4n) is 2.41. The molecule has 0 aromatic heterocycles. The predicted molar refractivity (Wildman–Crippen MR) is 77.3 cm³/mol. The molecule has 0 saturated carbocycles. The number of allylic oxidation sites excluding steroid dienone is 2. The highest BCUT2D eigenvalue weighted by atomic mass is 16.1. The topological polar surface area (TPSA) is 20.3 Å². The Balaban J connectivity index is 2.82. The number of nitrogens with zero attached hydrogens (tertiary/aromatic N) is 1. The van der Waals surface area contributed by atoms with Crippen LogP contribution >= 0.6 is 0 Å². The molecule has 1 heterocycles. The zero-order chi connectivity index (χ0) is 13.8. The number of hydrogen-bond donors (Lipinski definition) is 0. The van der Waals surface area contributed by atoms with Crippen LogP contribution in [0, 0.1) is 11.3 Å². The minimum atomic E-state index is 0.0196. The van der Waals surface area contributed by atoms with E-state index in [4.69, 9.17) is 0 Å². The van der Waals surface area contributed by atoms with Crippen LogP contribution in [0.3, 0.4) is 0 Å². The van der Waals surface area contributed by atoms with Gasteiger partial charge in [0.15, 0.2) is 5.78 Å². The van der Waals surface area contributed by atoms with Crippen LogP contribution < -0.4 is 0 Å². The Morgan fingerprint density at radius 1 is 1.56 bits per heavy atom. The van der Waals surface area contributed by atoms with Gasteiger partial charge >= 0.3 is 0 Å². The highest BCUT2D eigenvalue weighted by molar-refractivity contribution is 5.96. The Labute approximate surface area is 112 Å². The van der Waals surface area contributed by atoms with Gasteiger partial charge in [-0.2, -0.15) is 0 Å². The monoisotopic (exact) mass is 249 g/mol. The molecule has 0 aliphatic carbocycles. The van der Waals surface area contributed by atoms with Gasteiger partial charge in [0.25, 0.3) is 0 Å². The third-order valence-electron chi connectivity index (χ3n) is 3.54. The van der Waals surface area contributed by atoms with E-state index >= 15 is 0 Å². The van der Waals surface area contributed by atoms with E-state index in [9.17, 15) is 4.79 Å². The molecule has 1 rings (SSSR count). The van der Waals surface area contributed by atoms with Gasteiger partial charge in [-0.15, -0.1) is 6.58 Å². The van der Waals surface area contributed by atoms with Crippen LogP contribution in [-0.4, -0.2) is 23.8 Å². The quantitative estimate of drug-likeness (QED) is 0.667. The molecule has 0 aromatic carbocycles. The van der Waals surface area contributed by atoms with Crippen molar-refractivity contribution in [2.24, 2.45) is 11.3 Å². The number of hydrogen-bond acceptors (Lipinski definition) is 2. The second kappa shape index (κ2) is 6.21. The molecule has 0 N–H and O–H groups in total. The number of ketones is 1. The van der Waals surface area contributed by atoms with Crippen molar-refractivity contribution in [1.29, 1.82) is 0 Å². The highest BCUT2D eigenvalue weighted by Gasteiger charge is 2.32. The summed E-state index contributed by atoms with van der Waals surface area (Å²) >= 11 is 0. The fraction of sp³-hybridized carbons (Fsp3) is 0.688. The van der Waals surface area contributed by atoms with E-state index in [2.05, 4.69) is 45.4 Å². The van der Waals surface area contributed by atoms with E-state index in [0.717, 1.165) is 31.5 Å². The van der Waals surface area contributed by atoms with Crippen molar-refractivity contribution < 1.29 is 4.79 Å². The van der Waals surface area contributed by atoms with E-state index in [-0.39, 0.29) is 11.2 Å². The lowest BCUT2D eigenvalue weighted by molar-refractivity contribution is -0.116. The van der Waals surface area contributed by atoms with Crippen LogP contribution in [0.15, 0.2) is 24.4 Å². The summed E-state index contributed by atoms with van der Waals surface area (Å²) in [5.74, 6) is 0.917. The summed E-state index contributed by atoms with van der Waals surface area (Å²) in [6, 6.07) is 0. The lowest BCUT2D eigenvalue weighted by Crippen LogP contribution is -2.36. The van der Waals surface area contributed by atoms with Crippen molar-refractivity contribution in [2.45, 2.75) is 47.0 Å². The van der Waals surface area contributed by atoms with Crippen molar-refractivity contribution in [2.75, 3.05) is 13.1 Å². The molecule has 0 bridgehead atoms. The summed E-state index contributed by atoms with van der Waals surface area (Å²) in [5, 5.41) is 0. The minimum absolute atomic E-state index is 0.0196. The first-order valence-electron chi connectivity index (χ1n) is 6.97. The highest BCUT2D eigenvalue weighted by Crippen LogP contribution is 2.36. The number of carbonyl (C=O) groups is 1. The summed E-state index contributed by atoms with van der Waals surface area (Å²) in [7, 11) is 0. The fourth-order valence-corrected chi connectivity index (χ4v) is 2.41. The molecule has 0 spiro atoms. The molecule has 102 valence electrons. The standard InChI is InChI=1S/C16H27NO/c1-6-7-8-15(18)14-12-17(11-13(2)3)10-9-16(14,4)5/h6,12-13H,1,7-11H2,2-5H3. The summed E-state index contributed by atoms with van der Waals surface area (Å²) in [5.41, 5.74) is 1.02. The zero-order valence-electron chi connectivity index (χ0n) is 12.3. The van der Waals surface area contributed by atoms with Crippen LogP contribution in [0.5, 0.6) is 0 Å². The molecule has 1 aliphatic rings. The SMILES string of the molecule is C=CCCC(=O)C1=CN(CC(C)C)CCC1(C)C. The largest absolute Gasteiger partial charge is 0.377 e. The maximum Gasteiger partial charge on any atom is 0.161 e. The molecule has 2 nitrogen and oxygen atoms in total. The smallest absolute Gasteiger partial charge is 0.161 e. The van der Waals surface area contributed by atoms with E-state index < -0.39 is 0 Å². The zero-order valence-corrected chi connectivity index (χ0v) is 12.3. The third kappa shape index (κ3) is 4.01. The molecule has 0 saturated heterocycles. The van der Waals surface area contributed by atoms with E-state index in [1.807, 2.05) is 6.08 Å². The first kappa shape index (κ1) is 15.0. The average Bonchev–Trinajstić information content (AvgIpc) is 2.27. The second-order valence-electron chi connectivity index (χ2n) is 6.32. The van der Waals surface area contributed by atoms with Gasteiger partial charge < -0.3 is 4.90 Å². The first-order chi connectivity index (χ1) is 8.36. The molecular weight excluding hydrogens is 222 g/mol. The van der Waals surface area contributed by atoms with Crippen molar-refractivity contribution >= 4 is 5.78 Å². The summed E-state index contributed by atoms with van der Waals surface area (Å²) in [6.45, 7) is 14.6. The van der Waals surface area contributed by atoms with Crippen LogP contribution in [0.2, 0.25) is 0 Å². The van der Waals surface area contributed by atoms with Crippen molar-refractivity contribution in [1.82, 2.24) is 4.90 Å². The van der Waals surface area contributed by atoms with Crippen LogP contribution in [0.4, 0.5) is 0 Å². The van der Waals surface area contributed by atoms with Gasteiger partial charge in [0.2, 0.25) is 0 Å². The molecule has 1 aliphatic heterocycles. The molecule has 18 heavy (non-hydrogen) atoms. The van der Waals surface area contributed by atoms with Crippen molar-refractivity contribution in [3.05, 3.63) is 24.4 Å². The third-order valence-corrected chi connectivity index (χ3v) is 3.54. The first-order valence-corrected chi connectivity index (χ1v) is 6.97. The number of carbonyl (C=O) groups excluding carboxylic acids is 1. The lowest BCUT2D eigenvalue weighted by atomic mass is 9.76. The molecule has 0 amide bonds. The summed E-state index contributed by atoms with van der Waals surface area (Å²) in [4.78, 5) is 14.6. The predicted octanol–water partition coefficient (Wildman–Crippen LogP) is 3.79. The van der Waals surface area contributed by atoms with Gasteiger partial charge in [0, 0.05) is 31.3 Å². The Morgan fingerprint density at radius 2 is 2.22 bits per heavy atom. The van der Waals surface area contributed by atoms with Crippen molar-refractivity contribution in [3.63, 3.8) is 0 Å². The van der Waals surface area contributed by atoms with Crippen LogP contribution in [0.25, 0.3) is 0 Å². The maximum absolute atomic E-state index is 12.3. The Bertz CT molecular complexity index is 339. The van der Waals surface area contributed by atoms with Crippen LogP contribution in [0.1, 0.15) is 47.0 Å². The molecule has 0 atom stereocenters. The van der Waals surface area contributed by atoms with Gasteiger partial charge in [-0.1, -0.05) is 33.8 Å². The van der Waals surface area contributed by atoms with Gasteiger partial charge in [0.1, 0.15) is 0 Å². The molecule has 0 unspecified atom stereocenters. The molecular formula is C16H27NO. The van der Waals surface area contributed by atoms with E-state index in [1.54, 1.807) is 0 Å². The minimum Gasteiger partial charge on any atom is -0.377 e. The summed E-state index contributed by atoms with van der Waals surface area (Å²) in [6.07, 6.45) is 6.35. The molecule has 0 radical (unpaired) electrons. The van der Waals surface area contributed by atoms with Gasteiger partial charge in [-0.3, -0.25) is 4.79 Å². The molecule has 0 aromatic rings. The number of Topliss-reactive ketones (excluding diaryl/α,β-unsaturated/α-hetero) is 1. The van der Waals surface area contributed by atoms with Crippen molar-refractivity contribution in [3.8, 4) is 0 Å². The number of rotatable bonds is 6. The summed E-state index contributed by atoms with van der Waals surface area (Å²) < 4.78 is 0. The Kier molecular flexibility index (Phi) is 5.18. The van der Waals surface area contributed by atoms with Crippen LogP contribution in [-0.2, 0) is 4.79 Å². The van der Waals surface area contributed by atoms with Gasteiger partial charge in [0.05, 0.1) is 0 Å². The maximum atomic E-state index is 12.3. The van der Waals surface area contributed by atoms with Gasteiger partial charge in [-0.25, -0.2) is 0 Å². The van der Waals surface area contributed by atoms with E-state index in [0.29, 0.717) is 12.3 Å². The average molecular weight is 249 g/mol. The molecule has 0 fully saturated rings. The van der Waals surface area contributed by atoms with E-state index in [1.165, 1.54) is 0 Å². The van der Waals surface area contributed by atoms with Gasteiger partial charge in [-0.05, 0) is 24.2 Å². The second-order valence-corrected chi connectivity index (χ2v) is 6.32. The Morgan fingerprint density at radius 3 is 2.78 bits per heavy atom. The lowest BCUT2D eigenvalue weighted by Gasteiger charge is -2.37. The Hall–Kier alpha value is -1.05. The normalized spacial score (nSPS) is 18.7.